The van der Waals surface area contributed by atoms with E-state index in [2.05, 4.69) is 49.4 Å². The number of fused-ring (bicyclic) bond motifs is 1. The normalized spacial score (nSPS) is 14.9. The number of hydrogen-bond donors (Lipinski definition) is 0. The topological polar surface area (TPSA) is 0 Å². The van der Waals surface area contributed by atoms with Crippen LogP contribution < -0.4 is 10.4 Å². The van der Waals surface area contributed by atoms with Gasteiger partial charge in [0, 0.05) is 0 Å². The maximum absolute atomic E-state index is 2.28. The molecule has 0 unspecified atom stereocenters. The fraction of sp³-hybridized carbons (Fsp3) is 0.167. The molecule has 1 aliphatic rings. The highest BCUT2D eigenvalue weighted by Crippen LogP contribution is 2.01. The standard InChI is InChI=1S/C12H12/c1-10-6-8-11-4-2-3-5-12(11)9-7-10/h2-6,8-9H,7H2,1H3. The zero-order chi connectivity index (χ0) is 8.39. The summed E-state index contributed by atoms with van der Waals surface area (Å²) >= 11 is 0. The Morgan fingerprint density at radius 3 is 2.58 bits per heavy atom. The molecule has 1 aromatic rings. The molecule has 0 aliphatic heterocycles. The van der Waals surface area contributed by atoms with E-state index in [1.807, 2.05) is 0 Å². The van der Waals surface area contributed by atoms with Crippen LogP contribution in [0.1, 0.15) is 13.3 Å². The van der Waals surface area contributed by atoms with Crippen molar-refractivity contribution in [1.29, 1.82) is 0 Å². The summed E-state index contributed by atoms with van der Waals surface area (Å²) in [5.74, 6) is 0. The lowest BCUT2D eigenvalue weighted by atomic mass is 10.2. The Bertz CT molecular complexity index is 422. The summed E-state index contributed by atoms with van der Waals surface area (Å²) in [6.45, 7) is 2.17. The molecule has 0 spiro atoms. The van der Waals surface area contributed by atoms with E-state index < -0.39 is 0 Å². The van der Waals surface area contributed by atoms with Crippen LogP contribution in [-0.2, 0) is 0 Å². The van der Waals surface area contributed by atoms with Crippen LogP contribution in [0.5, 0.6) is 0 Å². The van der Waals surface area contributed by atoms with Gasteiger partial charge in [-0.05, 0) is 23.8 Å². The summed E-state index contributed by atoms with van der Waals surface area (Å²) in [7, 11) is 0. The molecule has 0 saturated heterocycles. The van der Waals surface area contributed by atoms with Crippen molar-refractivity contribution in [2.24, 2.45) is 0 Å². The highest BCUT2D eigenvalue weighted by molar-refractivity contribution is 5.46. The first-order valence-electron chi connectivity index (χ1n) is 4.29. The number of rotatable bonds is 0. The van der Waals surface area contributed by atoms with E-state index in [1.54, 1.807) is 0 Å². The number of hydrogen-bond acceptors (Lipinski definition) is 0. The maximum Gasteiger partial charge on any atom is -0.0129 e. The van der Waals surface area contributed by atoms with Crippen LogP contribution in [0.25, 0.3) is 12.2 Å². The third-order valence-corrected chi connectivity index (χ3v) is 2.19. The summed E-state index contributed by atoms with van der Waals surface area (Å²) in [4.78, 5) is 0. The van der Waals surface area contributed by atoms with E-state index in [0.29, 0.717) is 0 Å². The van der Waals surface area contributed by atoms with Crippen LogP contribution in [-0.4, -0.2) is 0 Å². The number of benzene rings is 1. The Hall–Kier alpha value is -1.30. The lowest BCUT2D eigenvalue weighted by Gasteiger charge is -1.88. The Kier molecular flexibility index (Phi) is 1.83. The molecule has 2 rings (SSSR count). The number of allylic oxidation sites excluding steroid dienone is 2. The molecule has 1 aromatic carbocycles. The fourth-order valence-corrected chi connectivity index (χ4v) is 1.42. The van der Waals surface area contributed by atoms with Gasteiger partial charge < -0.3 is 0 Å². The molecule has 0 heteroatoms. The van der Waals surface area contributed by atoms with Crippen molar-refractivity contribution in [2.45, 2.75) is 13.3 Å². The summed E-state index contributed by atoms with van der Waals surface area (Å²) in [6, 6.07) is 8.49. The minimum absolute atomic E-state index is 1.08. The summed E-state index contributed by atoms with van der Waals surface area (Å²) < 4.78 is 0. The largest absolute Gasteiger partial charge is 0.0726 e. The van der Waals surface area contributed by atoms with Crippen molar-refractivity contribution < 1.29 is 0 Å². The van der Waals surface area contributed by atoms with Gasteiger partial charge in [-0.15, -0.1) is 0 Å². The first-order valence-corrected chi connectivity index (χ1v) is 4.29. The zero-order valence-electron chi connectivity index (χ0n) is 7.25. The van der Waals surface area contributed by atoms with Gasteiger partial charge in [-0.3, -0.25) is 0 Å². The van der Waals surface area contributed by atoms with Gasteiger partial charge in [-0.1, -0.05) is 48.1 Å². The van der Waals surface area contributed by atoms with Crippen molar-refractivity contribution in [3.8, 4) is 0 Å². The molecule has 0 amide bonds. The molecule has 0 bridgehead atoms. The summed E-state index contributed by atoms with van der Waals surface area (Å²) in [6.07, 6.45) is 7.74. The fourth-order valence-electron chi connectivity index (χ4n) is 1.42. The monoisotopic (exact) mass is 156 g/mol. The zero-order valence-corrected chi connectivity index (χ0v) is 7.25. The molecule has 0 fully saturated rings. The second-order valence-corrected chi connectivity index (χ2v) is 3.22. The van der Waals surface area contributed by atoms with E-state index in [0.717, 1.165) is 6.42 Å². The Balaban J connectivity index is 2.72. The third-order valence-electron chi connectivity index (χ3n) is 2.19. The maximum atomic E-state index is 2.28. The predicted octanol–water partition coefficient (Wildman–Crippen LogP) is 1.60. The Labute approximate surface area is 72.5 Å². The molecule has 1 aliphatic carbocycles. The van der Waals surface area contributed by atoms with E-state index >= 15 is 0 Å². The molecule has 0 aromatic heterocycles. The van der Waals surface area contributed by atoms with Crippen molar-refractivity contribution >= 4 is 12.2 Å². The van der Waals surface area contributed by atoms with Gasteiger partial charge in [0.2, 0.25) is 0 Å². The molecular formula is C12H12. The molecule has 0 radical (unpaired) electrons. The van der Waals surface area contributed by atoms with E-state index in [9.17, 15) is 0 Å². The highest BCUT2D eigenvalue weighted by Gasteiger charge is 1.90. The molecule has 12 heavy (non-hydrogen) atoms. The Morgan fingerprint density at radius 2 is 1.75 bits per heavy atom. The summed E-state index contributed by atoms with van der Waals surface area (Å²) in [5, 5.41) is 2.68. The van der Waals surface area contributed by atoms with Crippen LogP contribution >= 0.6 is 0 Å². The average molecular weight is 156 g/mol. The van der Waals surface area contributed by atoms with Crippen molar-refractivity contribution in [2.75, 3.05) is 0 Å². The second-order valence-electron chi connectivity index (χ2n) is 3.22. The van der Waals surface area contributed by atoms with Crippen LogP contribution in [0, 0.1) is 0 Å². The molecule has 0 nitrogen and oxygen atoms in total. The average Bonchev–Trinajstić information content (AvgIpc) is 2.29. The summed E-state index contributed by atoms with van der Waals surface area (Å²) in [5.41, 5.74) is 1.42. The van der Waals surface area contributed by atoms with Crippen LogP contribution in [0.3, 0.4) is 0 Å². The first-order chi connectivity index (χ1) is 5.86. The van der Waals surface area contributed by atoms with Gasteiger partial charge in [0.25, 0.3) is 0 Å². The minimum Gasteiger partial charge on any atom is -0.0726 e. The second kappa shape index (κ2) is 2.98. The molecule has 60 valence electrons. The minimum atomic E-state index is 1.08. The van der Waals surface area contributed by atoms with Gasteiger partial charge in [-0.25, -0.2) is 0 Å². The van der Waals surface area contributed by atoms with Crippen molar-refractivity contribution in [1.82, 2.24) is 0 Å². The molecular weight excluding hydrogens is 144 g/mol. The van der Waals surface area contributed by atoms with Crippen LogP contribution in [0.4, 0.5) is 0 Å². The predicted molar refractivity (Wildman–Crippen MR) is 53.0 cm³/mol. The van der Waals surface area contributed by atoms with E-state index in [-0.39, 0.29) is 0 Å². The van der Waals surface area contributed by atoms with E-state index in [1.165, 1.54) is 16.0 Å². The van der Waals surface area contributed by atoms with Crippen molar-refractivity contribution in [3.05, 3.63) is 46.4 Å². The van der Waals surface area contributed by atoms with Gasteiger partial charge >= 0.3 is 0 Å². The first kappa shape index (κ1) is 7.35. The highest BCUT2D eigenvalue weighted by atomic mass is 14.0. The van der Waals surface area contributed by atoms with Crippen molar-refractivity contribution in [3.63, 3.8) is 0 Å². The SMILES string of the molecule is CC1=CC=c2ccccc2=CC1. The quantitative estimate of drug-likeness (QED) is 0.535. The van der Waals surface area contributed by atoms with Crippen LogP contribution in [0.15, 0.2) is 35.9 Å². The van der Waals surface area contributed by atoms with Gasteiger partial charge in [-0.2, -0.15) is 0 Å². The molecule has 0 N–H and O–H groups in total. The smallest absolute Gasteiger partial charge is 0.0129 e. The van der Waals surface area contributed by atoms with Crippen LogP contribution in [0.2, 0.25) is 0 Å². The van der Waals surface area contributed by atoms with Gasteiger partial charge in [0.15, 0.2) is 0 Å². The molecule has 0 atom stereocenters. The third kappa shape index (κ3) is 1.33. The van der Waals surface area contributed by atoms with Gasteiger partial charge in [0.05, 0.1) is 0 Å². The van der Waals surface area contributed by atoms with E-state index in [4.69, 9.17) is 0 Å². The lowest BCUT2D eigenvalue weighted by Crippen LogP contribution is -2.22. The lowest BCUT2D eigenvalue weighted by molar-refractivity contribution is 1.27. The molecule has 0 saturated carbocycles. The Morgan fingerprint density at radius 1 is 1.00 bits per heavy atom. The molecule has 0 heterocycles. The van der Waals surface area contributed by atoms with Gasteiger partial charge in [0.1, 0.15) is 0 Å².